The number of aryl methyl sites for hydroxylation is 1. The first kappa shape index (κ1) is 26.4. The average molecular weight is 539 g/mol. The molecular formula is C27H26N2O6S2. The van der Waals surface area contributed by atoms with E-state index in [1.165, 1.54) is 42.3 Å². The summed E-state index contributed by atoms with van der Waals surface area (Å²) < 4.78 is 4.98. The summed E-state index contributed by atoms with van der Waals surface area (Å²) in [5.41, 5.74) is 1.88. The van der Waals surface area contributed by atoms with E-state index < -0.39 is 23.1 Å². The average Bonchev–Trinajstić information content (AvgIpc) is 3.26. The largest absolute Gasteiger partial charge is 0.478 e. The van der Waals surface area contributed by atoms with Gasteiger partial charge in [-0.1, -0.05) is 18.2 Å². The Balaban J connectivity index is 1.45. The number of amides is 2. The molecule has 1 aliphatic rings. The molecule has 0 saturated carbocycles. The summed E-state index contributed by atoms with van der Waals surface area (Å²) in [5, 5.41) is 15.0. The first-order valence-corrected chi connectivity index (χ1v) is 13.4. The predicted molar refractivity (Wildman–Crippen MR) is 144 cm³/mol. The van der Waals surface area contributed by atoms with Crippen molar-refractivity contribution in [3.63, 3.8) is 0 Å². The molecule has 8 nitrogen and oxygen atoms in total. The van der Waals surface area contributed by atoms with Gasteiger partial charge in [0.05, 0.1) is 29.1 Å². The number of ether oxygens (including phenoxy) is 1. The summed E-state index contributed by atoms with van der Waals surface area (Å²) >= 11 is 2.74. The van der Waals surface area contributed by atoms with Crippen molar-refractivity contribution in [2.24, 2.45) is 0 Å². The fourth-order valence-electron chi connectivity index (χ4n) is 4.16. The molecule has 3 aromatic rings. The van der Waals surface area contributed by atoms with Crippen LogP contribution in [-0.2, 0) is 22.4 Å². The fraction of sp³-hybridized carbons (Fsp3) is 0.259. The van der Waals surface area contributed by atoms with Crippen LogP contribution in [0, 0.1) is 0 Å². The summed E-state index contributed by atoms with van der Waals surface area (Å²) in [7, 11) is 1.34. The topological polar surface area (TPSA) is 122 Å². The zero-order valence-corrected chi connectivity index (χ0v) is 22.0. The van der Waals surface area contributed by atoms with E-state index in [0.717, 1.165) is 41.0 Å². The molecule has 37 heavy (non-hydrogen) atoms. The van der Waals surface area contributed by atoms with Gasteiger partial charge in [-0.25, -0.2) is 9.59 Å². The van der Waals surface area contributed by atoms with Gasteiger partial charge in [0.2, 0.25) is 5.91 Å². The molecule has 0 saturated heterocycles. The van der Waals surface area contributed by atoms with Gasteiger partial charge in [0, 0.05) is 15.5 Å². The highest BCUT2D eigenvalue weighted by Gasteiger charge is 2.28. The van der Waals surface area contributed by atoms with Gasteiger partial charge in [-0.15, -0.1) is 23.1 Å². The molecular weight excluding hydrogens is 512 g/mol. The number of hydrogen-bond donors (Lipinski definition) is 3. The van der Waals surface area contributed by atoms with Crippen molar-refractivity contribution in [3.8, 4) is 0 Å². The predicted octanol–water partition coefficient (Wildman–Crippen LogP) is 5.48. The molecule has 0 spiro atoms. The number of carbonyl (C=O) groups is 4. The van der Waals surface area contributed by atoms with E-state index in [9.17, 15) is 24.3 Å². The maximum atomic E-state index is 13.0. The summed E-state index contributed by atoms with van der Waals surface area (Å²) in [6.45, 7) is 1.76. The maximum Gasteiger partial charge on any atom is 0.341 e. The van der Waals surface area contributed by atoms with Crippen molar-refractivity contribution in [2.45, 2.75) is 42.8 Å². The Morgan fingerprint density at radius 2 is 1.73 bits per heavy atom. The van der Waals surface area contributed by atoms with E-state index in [0.29, 0.717) is 16.3 Å². The number of nitrogens with one attached hydrogen (secondary N) is 2. The van der Waals surface area contributed by atoms with Crippen LogP contribution in [0.5, 0.6) is 0 Å². The summed E-state index contributed by atoms with van der Waals surface area (Å²) in [6.07, 6.45) is 3.75. The van der Waals surface area contributed by atoms with Gasteiger partial charge in [0.15, 0.2) is 0 Å². The van der Waals surface area contributed by atoms with Crippen LogP contribution in [0.4, 0.5) is 10.7 Å². The molecule has 192 valence electrons. The van der Waals surface area contributed by atoms with E-state index in [4.69, 9.17) is 4.74 Å². The van der Waals surface area contributed by atoms with Gasteiger partial charge >= 0.3 is 11.9 Å². The highest BCUT2D eigenvalue weighted by atomic mass is 32.2. The van der Waals surface area contributed by atoms with Crippen LogP contribution in [0.25, 0.3) is 0 Å². The second-order valence-electron chi connectivity index (χ2n) is 8.49. The van der Waals surface area contributed by atoms with Crippen LogP contribution in [0.3, 0.4) is 0 Å². The minimum absolute atomic E-state index is 0.0563. The lowest BCUT2D eigenvalue weighted by Crippen LogP contribution is -2.23. The van der Waals surface area contributed by atoms with E-state index in [1.807, 2.05) is 6.07 Å². The summed E-state index contributed by atoms with van der Waals surface area (Å²) in [4.78, 5) is 51.5. The number of carbonyl (C=O) groups excluding carboxylic acids is 3. The smallest absolute Gasteiger partial charge is 0.341 e. The number of thiophene rings is 1. The number of benzene rings is 2. The van der Waals surface area contributed by atoms with Crippen LogP contribution in [0.15, 0.2) is 53.4 Å². The fourth-order valence-corrected chi connectivity index (χ4v) is 6.36. The zero-order valence-electron chi connectivity index (χ0n) is 20.3. The number of fused-ring (bicyclic) bond motifs is 1. The highest BCUT2D eigenvalue weighted by Crippen LogP contribution is 2.39. The van der Waals surface area contributed by atoms with Crippen LogP contribution < -0.4 is 10.6 Å². The number of carboxylic acid groups (broad SMARTS) is 1. The number of hydrogen-bond acceptors (Lipinski definition) is 7. The maximum absolute atomic E-state index is 13.0. The SMILES string of the molecule is COC(=O)c1c(NC(=O)C(C)Sc2cccc(NC(=O)c3ccccc3C(=O)O)c2)sc2c1CCCC2. The third-order valence-corrected chi connectivity index (χ3v) is 8.27. The third-order valence-electron chi connectivity index (χ3n) is 5.97. The number of esters is 1. The van der Waals surface area contributed by atoms with E-state index in [-0.39, 0.29) is 17.0 Å². The second-order valence-corrected chi connectivity index (χ2v) is 11.0. The second kappa shape index (κ2) is 11.6. The van der Waals surface area contributed by atoms with Crippen molar-refractivity contribution in [1.82, 2.24) is 0 Å². The van der Waals surface area contributed by atoms with Crippen LogP contribution in [0.1, 0.15) is 61.3 Å². The summed E-state index contributed by atoms with van der Waals surface area (Å²) in [5.74, 6) is -2.42. The van der Waals surface area contributed by atoms with Gasteiger partial charge < -0.3 is 20.5 Å². The molecule has 1 heterocycles. The van der Waals surface area contributed by atoms with Gasteiger partial charge in [-0.3, -0.25) is 9.59 Å². The molecule has 3 N–H and O–H groups in total. The number of anilines is 2. The van der Waals surface area contributed by atoms with Crippen LogP contribution in [-0.4, -0.2) is 41.2 Å². The Hall–Kier alpha value is -3.63. The Bertz CT molecular complexity index is 1370. The molecule has 2 amide bonds. The monoisotopic (exact) mass is 538 g/mol. The minimum atomic E-state index is -1.18. The molecule has 0 fully saturated rings. The van der Waals surface area contributed by atoms with Crippen molar-refractivity contribution < 1.29 is 29.0 Å². The Morgan fingerprint density at radius 1 is 1.00 bits per heavy atom. The Morgan fingerprint density at radius 3 is 2.46 bits per heavy atom. The van der Waals surface area contributed by atoms with Crippen molar-refractivity contribution >= 4 is 57.5 Å². The quantitative estimate of drug-likeness (QED) is 0.256. The highest BCUT2D eigenvalue weighted by molar-refractivity contribution is 8.00. The van der Waals surface area contributed by atoms with Gasteiger partial charge in [-0.2, -0.15) is 0 Å². The van der Waals surface area contributed by atoms with Gasteiger partial charge in [-0.05, 0) is 68.5 Å². The molecule has 1 unspecified atom stereocenters. The van der Waals surface area contributed by atoms with Crippen molar-refractivity contribution in [1.29, 1.82) is 0 Å². The normalized spacial score (nSPS) is 13.2. The minimum Gasteiger partial charge on any atom is -0.478 e. The lowest BCUT2D eigenvalue weighted by Gasteiger charge is -2.14. The zero-order chi connectivity index (χ0) is 26.5. The molecule has 4 rings (SSSR count). The lowest BCUT2D eigenvalue weighted by atomic mass is 9.95. The first-order valence-electron chi connectivity index (χ1n) is 11.7. The van der Waals surface area contributed by atoms with Crippen LogP contribution in [0.2, 0.25) is 0 Å². The van der Waals surface area contributed by atoms with E-state index >= 15 is 0 Å². The van der Waals surface area contributed by atoms with Crippen LogP contribution >= 0.6 is 23.1 Å². The van der Waals surface area contributed by atoms with Gasteiger partial charge in [0.25, 0.3) is 5.91 Å². The Kier molecular flexibility index (Phi) is 8.30. The molecule has 0 bridgehead atoms. The molecule has 0 aliphatic heterocycles. The standard InChI is InChI=1S/C27H26N2O6S2/c1-15(23(30)29-25-22(27(34)35-2)20-12-5-6-13-21(20)37-25)36-17-9-7-8-16(14-17)28-24(31)18-10-3-4-11-19(18)26(32)33/h3-4,7-11,14-15H,5-6,12-13H2,1-2H3,(H,28,31)(H,29,30)(H,32,33). The Labute approximate surface area is 222 Å². The molecule has 1 aromatic heterocycles. The first-order chi connectivity index (χ1) is 17.8. The van der Waals surface area contributed by atoms with Crippen molar-refractivity contribution in [3.05, 3.63) is 75.7 Å². The molecule has 2 aromatic carbocycles. The molecule has 10 heteroatoms. The number of aromatic carboxylic acids is 1. The number of methoxy groups -OCH3 is 1. The van der Waals surface area contributed by atoms with Crippen molar-refractivity contribution in [2.75, 3.05) is 17.7 Å². The van der Waals surface area contributed by atoms with E-state index in [1.54, 1.807) is 37.3 Å². The molecule has 1 aliphatic carbocycles. The summed E-state index contributed by atoms with van der Waals surface area (Å²) in [6, 6.07) is 13.0. The number of carboxylic acids is 1. The molecule has 1 atom stereocenters. The molecule has 0 radical (unpaired) electrons. The third kappa shape index (κ3) is 6.03. The number of thioether (sulfide) groups is 1. The van der Waals surface area contributed by atoms with E-state index in [2.05, 4.69) is 10.6 Å². The lowest BCUT2D eigenvalue weighted by molar-refractivity contribution is -0.115. The number of rotatable bonds is 8. The van der Waals surface area contributed by atoms with Gasteiger partial charge in [0.1, 0.15) is 5.00 Å².